The maximum absolute atomic E-state index is 11.0. The summed E-state index contributed by atoms with van der Waals surface area (Å²) in [6, 6.07) is 5.61. The molecule has 17 heavy (non-hydrogen) atoms. The van der Waals surface area contributed by atoms with Crippen molar-refractivity contribution in [1.29, 1.82) is 0 Å². The molecule has 3 nitrogen and oxygen atoms in total. The minimum atomic E-state index is 0.648. The van der Waals surface area contributed by atoms with Crippen LogP contribution in [0.1, 0.15) is 16.8 Å². The molecule has 0 saturated heterocycles. The van der Waals surface area contributed by atoms with Crippen molar-refractivity contribution < 1.29 is 9.53 Å². The van der Waals surface area contributed by atoms with E-state index in [4.69, 9.17) is 16.3 Å². The first-order valence-electron chi connectivity index (χ1n) is 5.49. The van der Waals surface area contributed by atoms with Crippen LogP contribution in [0.25, 0.3) is 10.9 Å². The Bertz CT molecular complexity index is 533. The van der Waals surface area contributed by atoms with Gasteiger partial charge in [-0.15, -0.1) is 0 Å². The second-order valence-electron chi connectivity index (χ2n) is 3.90. The Balaban J connectivity index is 2.39. The van der Waals surface area contributed by atoms with E-state index in [0.29, 0.717) is 17.2 Å². The average molecular weight is 252 g/mol. The zero-order valence-electron chi connectivity index (χ0n) is 9.65. The summed E-state index contributed by atoms with van der Waals surface area (Å²) in [4.78, 5) is 11.0. The molecule has 4 heteroatoms. The zero-order chi connectivity index (χ0) is 12.3. The van der Waals surface area contributed by atoms with Gasteiger partial charge in [0, 0.05) is 47.9 Å². The summed E-state index contributed by atoms with van der Waals surface area (Å²) in [5, 5.41) is 1.56. The highest BCUT2D eigenvalue weighted by atomic mass is 35.5. The highest BCUT2D eigenvalue weighted by Crippen LogP contribution is 2.24. The van der Waals surface area contributed by atoms with Crippen LogP contribution in [0, 0.1) is 0 Å². The normalized spacial score (nSPS) is 10.9. The molecule has 0 saturated carbocycles. The van der Waals surface area contributed by atoms with E-state index in [0.717, 1.165) is 30.2 Å². The van der Waals surface area contributed by atoms with Crippen molar-refractivity contribution in [3.05, 3.63) is 35.0 Å². The van der Waals surface area contributed by atoms with Gasteiger partial charge < -0.3 is 9.30 Å². The van der Waals surface area contributed by atoms with Gasteiger partial charge in [-0.3, -0.25) is 4.79 Å². The molecule has 0 aliphatic heterocycles. The van der Waals surface area contributed by atoms with Crippen LogP contribution in [0.4, 0.5) is 0 Å². The van der Waals surface area contributed by atoms with Crippen LogP contribution in [-0.4, -0.2) is 24.6 Å². The summed E-state index contributed by atoms with van der Waals surface area (Å²) >= 11 is 5.94. The van der Waals surface area contributed by atoms with Crippen molar-refractivity contribution in [3.8, 4) is 0 Å². The van der Waals surface area contributed by atoms with Crippen molar-refractivity contribution in [2.45, 2.75) is 13.0 Å². The number of carbonyl (C=O) groups excluding carboxylic acids is 1. The standard InChI is InChI=1S/C13H14ClNO2/c1-17-6-2-5-15-8-10(9-16)12-7-11(14)3-4-13(12)15/h3-4,7-9H,2,5-6H2,1H3. The summed E-state index contributed by atoms with van der Waals surface area (Å²) in [7, 11) is 1.68. The Morgan fingerprint density at radius 1 is 1.47 bits per heavy atom. The van der Waals surface area contributed by atoms with E-state index in [9.17, 15) is 4.79 Å². The maximum Gasteiger partial charge on any atom is 0.152 e. The number of fused-ring (bicyclic) bond motifs is 1. The van der Waals surface area contributed by atoms with Crippen LogP contribution in [0.15, 0.2) is 24.4 Å². The van der Waals surface area contributed by atoms with E-state index in [2.05, 4.69) is 4.57 Å². The number of hydrogen-bond acceptors (Lipinski definition) is 2. The fourth-order valence-electron chi connectivity index (χ4n) is 1.96. The molecule has 0 aliphatic rings. The number of carbonyl (C=O) groups is 1. The number of methoxy groups -OCH3 is 1. The van der Waals surface area contributed by atoms with Crippen molar-refractivity contribution in [2.75, 3.05) is 13.7 Å². The molecular weight excluding hydrogens is 238 g/mol. The number of ether oxygens (including phenoxy) is 1. The zero-order valence-corrected chi connectivity index (χ0v) is 10.4. The van der Waals surface area contributed by atoms with Crippen LogP contribution in [-0.2, 0) is 11.3 Å². The van der Waals surface area contributed by atoms with Crippen LogP contribution >= 0.6 is 11.6 Å². The lowest BCUT2D eigenvalue weighted by Crippen LogP contribution is -1.99. The molecular formula is C13H14ClNO2. The fraction of sp³-hybridized carbons (Fsp3) is 0.308. The Morgan fingerprint density at radius 3 is 3.00 bits per heavy atom. The van der Waals surface area contributed by atoms with E-state index < -0.39 is 0 Å². The number of aromatic nitrogens is 1. The molecule has 0 radical (unpaired) electrons. The summed E-state index contributed by atoms with van der Waals surface area (Å²) in [6.07, 6.45) is 3.65. The first-order chi connectivity index (χ1) is 8.26. The largest absolute Gasteiger partial charge is 0.385 e. The SMILES string of the molecule is COCCCn1cc(C=O)c2cc(Cl)ccc21. The number of halogens is 1. The molecule has 0 fully saturated rings. The monoisotopic (exact) mass is 251 g/mol. The van der Waals surface area contributed by atoms with Gasteiger partial charge in [0.2, 0.25) is 0 Å². The summed E-state index contributed by atoms with van der Waals surface area (Å²) in [6.45, 7) is 1.55. The van der Waals surface area contributed by atoms with E-state index in [1.807, 2.05) is 24.4 Å². The molecule has 2 aromatic rings. The van der Waals surface area contributed by atoms with E-state index in [1.54, 1.807) is 7.11 Å². The highest BCUT2D eigenvalue weighted by Gasteiger charge is 2.07. The first kappa shape index (κ1) is 12.1. The van der Waals surface area contributed by atoms with Crippen LogP contribution in [0.5, 0.6) is 0 Å². The molecule has 2 rings (SSSR count). The smallest absolute Gasteiger partial charge is 0.152 e. The second kappa shape index (κ2) is 5.34. The lowest BCUT2D eigenvalue weighted by molar-refractivity contribution is 0.112. The van der Waals surface area contributed by atoms with Gasteiger partial charge in [0.25, 0.3) is 0 Å². The van der Waals surface area contributed by atoms with Crippen LogP contribution in [0.3, 0.4) is 0 Å². The maximum atomic E-state index is 11.0. The molecule has 0 amide bonds. The van der Waals surface area contributed by atoms with Gasteiger partial charge in [-0.25, -0.2) is 0 Å². The molecule has 1 aromatic carbocycles. The minimum absolute atomic E-state index is 0.648. The Hall–Kier alpha value is -1.32. The van der Waals surface area contributed by atoms with Gasteiger partial charge in [0.05, 0.1) is 0 Å². The van der Waals surface area contributed by atoms with Crippen molar-refractivity contribution in [1.82, 2.24) is 4.57 Å². The highest BCUT2D eigenvalue weighted by molar-refractivity contribution is 6.31. The summed E-state index contributed by atoms with van der Waals surface area (Å²) in [5.74, 6) is 0. The molecule has 0 spiro atoms. The number of nitrogens with zero attached hydrogens (tertiary/aromatic N) is 1. The Kier molecular flexibility index (Phi) is 3.82. The fourth-order valence-corrected chi connectivity index (χ4v) is 2.13. The summed E-state index contributed by atoms with van der Waals surface area (Å²) in [5.41, 5.74) is 1.72. The van der Waals surface area contributed by atoms with Gasteiger partial charge in [-0.2, -0.15) is 0 Å². The average Bonchev–Trinajstić information content (AvgIpc) is 2.67. The minimum Gasteiger partial charge on any atom is -0.385 e. The number of hydrogen-bond donors (Lipinski definition) is 0. The number of aldehydes is 1. The molecule has 0 unspecified atom stereocenters. The third-order valence-electron chi connectivity index (χ3n) is 2.75. The lowest BCUT2D eigenvalue weighted by atomic mass is 10.2. The third-order valence-corrected chi connectivity index (χ3v) is 2.98. The van der Waals surface area contributed by atoms with Gasteiger partial charge in [-0.1, -0.05) is 11.6 Å². The van der Waals surface area contributed by atoms with Crippen molar-refractivity contribution >= 4 is 28.8 Å². The van der Waals surface area contributed by atoms with Crippen molar-refractivity contribution in [3.63, 3.8) is 0 Å². The number of rotatable bonds is 5. The number of aryl methyl sites for hydroxylation is 1. The molecule has 1 aromatic heterocycles. The Labute approximate surface area is 105 Å². The lowest BCUT2D eigenvalue weighted by Gasteiger charge is -2.04. The molecule has 90 valence electrons. The quantitative estimate of drug-likeness (QED) is 0.604. The first-order valence-corrected chi connectivity index (χ1v) is 5.86. The van der Waals surface area contributed by atoms with E-state index in [-0.39, 0.29) is 0 Å². The molecule has 0 bridgehead atoms. The predicted molar refractivity (Wildman–Crippen MR) is 68.8 cm³/mol. The molecule has 0 aliphatic carbocycles. The van der Waals surface area contributed by atoms with Gasteiger partial charge in [0.15, 0.2) is 6.29 Å². The van der Waals surface area contributed by atoms with Gasteiger partial charge >= 0.3 is 0 Å². The van der Waals surface area contributed by atoms with Crippen LogP contribution in [0.2, 0.25) is 5.02 Å². The predicted octanol–water partition coefficient (Wildman–Crippen LogP) is 3.14. The van der Waals surface area contributed by atoms with Gasteiger partial charge in [0.1, 0.15) is 0 Å². The third kappa shape index (κ3) is 2.51. The summed E-state index contributed by atoms with van der Waals surface area (Å²) < 4.78 is 7.09. The van der Waals surface area contributed by atoms with Crippen LogP contribution < -0.4 is 0 Å². The van der Waals surface area contributed by atoms with Crippen molar-refractivity contribution in [2.24, 2.45) is 0 Å². The Morgan fingerprint density at radius 2 is 2.29 bits per heavy atom. The molecule has 0 N–H and O–H groups in total. The second-order valence-corrected chi connectivity index (χ2v) is 4.34. The van der Waals surface area contributed by atoms with Gasteiger partial charge in [-0.05, 0) is 24.6 Å². The topological polar surface area (TPSA) is 31.2 Å². The molecule has 0 atom stereocenters. The van der Waals surface area contributed by atoms with E-state index in [1.165, 1.54) is 0 Å². The van der Waals surface area contributed by atoms with E-state index >= 15 is 0 Å². The number of benzene rings is 1. The molecule has 1 heterocycles.